The first-order valence-corrected chi connectivity index (χ1v) is 6.40. The number of aliphatic hydroxyl groups is 1. The Morgan fingerprint density at radius 2 is 2.20 bits per heavy atom. The lowest BCUT2D eigenvalue weighted by Crippen LogP contribution is -2.11. The molecule has 5 nitrogen and oxygen atoms in total. The summed E-state index contributed by atoms with van der Waals surface area (Å²) in [6, 6.07) is 5.65. The van der Waals surface area contributed by atoms with Crippen molar-refractivity contribution >= 4 is 5.69 Å². The van der Waals surface area contributed by atoms with E-state index in [1.165, 1.54) is 6.07 Å². The monoisotopic (exact) mass is 276 g/mol. The van der Waals surface area contributed by atoms with Crippen LogP contribution in [0.5, 0.6) is 0 Å². The molecular formula is C14H13FN2O3. The van der Waals surface area contributed by atoms with Gasteiger partial charge in [-0.15, -0.1) is 0 Å². The smallest absolute Gasteiger partial charge is 0.304 e. The minimum absolute atomic E-state index is 0.483. The van der Waals surface area contributed by atoms with Crippen LogP contribution in [0.1, 0.15) is 30.2 Å². The number of nitro benzene ring substituents is 1. The van der Waals surface area contributed by atoms with Crippen LogP contribution >= 0.6 is 0 Å². The van der Waals surface area contributed by atoms with Crippen LogP contribution in [0.3, 0.4) is 0 Å². The van der Waals surface area contributed by atoms with Gasteiger partial charge in [-0.3, -0.25) is 10.1 Å². The Morgan fingerprint density at radius 1 is 1.40 bits per heavy atom. The van der Waals surface area contributed by atoms with Crippen molar-refractivity contribution in [3.63, 3.8) is 0 Å². The maximum absolute atomic E-state index is 13.7. The molecule has 0 bridgehead atoms. The maximum atomic E-state index is 13.7. The molecule has 3 rings (SSSR count). The fourth-order valence-corrected chi connectivity index (χ4v) is 2.70. The van der Waals surface area contributed by atoms with E-state index in [4.69, 9.17) is 0 Å². The molecule has 0 amide bonds. The molecule has 0 fully saturated rings. The van der Waals surface area contributed by atoms with Gasteiger partial charge in [0.2, 0.25) is 5.82 Å². The van der Waals surface area contributed by atoms with Gasteiger partial charge in [-0.1, -0.05) is 0 Å². The fourth-order valence-electron chi connectivity index (χ4n) is 2.70. The second-order valence-electron chi connectivity index (χ2n) is 4.89. The van der Waals surface area contributed by atoms with Gasteiger partial charge in [0.15, 0.2) is 0 Å². The molecule has 2 aromatic rings. The molecule has 104 valence electrons. The average molecular weight is 276 g/mol. The molecule has 1 N–H and O–H groups in total. The van der Waals surface area contributed by atoms with E-state index in [-0.39, 0.29) is 0 Å². The van der Waals surface area contributed by atoms with Gasteiger partial charge in [0.05, 0.1) is 11.0 Å². The highest BCUT2D eigenvalue weighted by Gasteiger charge is 2.22. The van der Waals surface area contributed by atoms with E-state index >= 15 is 0 Å². The van der Waals surface area contributed by atoms with Crippen LogP contribution in [0.2, 0.25) is 0 Å². The SMILES string of the molecule is O=[N+]([O-])c1ccc(-n2ccc3c2CCCC3O)cc1F. The lowest BCUT2D eigenvalue weighted by atomic mass is 9.95. The van der Waals surface area contributed by atoms with E-state index in [1.807, 2.05) is 6.07 Å². The number of rotatable bonds is 2. The highest BCUT2D eigenvalue weighted by atomic mass is 19.1. The minimum atomic E-state index is -0.855. The third kappa shape index (κ3) is 1.98. The van der Waals surface area contributed by atoms with Crippen molar-refractivity contribution in [1.82, 2.24) is 4.57 Å². The molecule has 1 heterocycles. The first kappa shape index (κ1) is 12.8. The summed E-state index contributed by atoms with van der Waals surface area (Å²) >= 11 is 0. The Morgan fingerprint density at radius 3 is 2.90 bits per heavy atom. The summed E-state index contributed by atoms with van der Waals surface area (Å²) in [6.07, 6.45) is 3.68. The van der Waals surface area contributed by atoms with E-state index in [0.29, 0.717) is 5.69 Å². The van der Waals surface area contributed by atoms with Gasteiger partial charge < -0.3 is 9.67 Å². The number of hydrogen-bond donors (Lipinski definition) is 1. The van der Waals surface area contributed by atoms with Crippen LogP contribution in [0.15, 0.2) is 30.5 Å². The van der Waals surface area contributed by atoms with Crippen molar-refractivity contribution < 1.29 is 14.4 Å². The van der Waals surface area contributed by atoms with Crippen molar-refractivity contribution in [3.05, 3.63) is 57.7 Å². The summed E-state index contributed by atoms with van der Waals surface area (Å²) in [7, 11) is 0. The second kappa shape index (κ2) is 4.72. The summed E-state index contributed by atoms with van der Waals surface area (Å²) in [4.78, 5) is 9.88. The summed E-state index contributed by atoms with van der Waals surface area (Å²) < 4.78 is 15.5. The topological polar surface area (TPSA) is 68.3 Å². The Labute approximate surface area is 114 Å². The van der Waals surface area contributed by atoms with Crippen LogP contribution < -0.4 is 0 Å². The Hall–Kier alpha value is -2.21. The summed E-state index contributed by atoms with van der Waals surface area (Å²) in [6.45, 7) is 0. The largest absolute Gasteiger partial charge is 0.388 e. The first-order valence-electron chi connectivity index (χ1n) is 6.40. The second-order valence-corrected chi connectivity index (χ2v) is 4.89. The highest BCUT2D eigenvalue weighted by molar-refractivity contribution is 5.45. The van der Waals surface area contributed by atoms with Gasteiger partial charge in [0.1, 0.15) is 0 Å². The molecule has 0 radical (unpaired) electrons. The van der Waals surface area contributed by atoms with Crippen LogP contribution in [0.25, 0.3) is 5.69 Å². The van der Waals surface area contributed by atoms with Crippen molar-refractivity contribution in [3.8, 4) is 5.69 Å². The van der Waals surface area contributed by atoms with Gasteiger partial charge in [-0.25, -0.2) is 0 Å². The molecule has 0 aliphatic heterocycles. The lowest BCUT2D eigenvalue weighted by molar-refractivity contribution is -0.387. The molecule has 6 heteroatoms. The van der Waals surface area contributed by atoms with Gasteiger partial charge in [0, 0.05) is 35.3 Å². The normalized spacial score (nSPS) is 17.8. The predicted octanol–water partition coefficient (Wildman–Crippen LogP) is 2.89. The quantitative estimate of drug-likeness (QED) is 0.677. The zero-order chi connectivity index (χ0) is 14.3. The first-order chi connectivity index (χ1) is 9.58. The van der Waals surface area contributed by atoms with E-state index in [9.17, 15) is 19.6 Å². The number of benzene rings is 1. The average Bonchev–Trinajstić information content (AvgIpc) is 2.83. The molecule has 20 heavy (non-hydrogen) atoms. The molecule has 1 unspecified atom stereocenters. The Kier molecular flexibility index (Phi) is 3.02. The fraction of sp³-hybridized carbons (Fsp3) is 0.286. The van der Waals surface area contributed by atoms with Crippen molar-refractivity contribution in [2.75, 3.05) is 0 Å². The minimum Gasteiger partial charge on any atom is -0.388 e. The summed E-state index contributed by atoms with van der Waals surface area (Å²) in [5, 5.41) is 20.5. The molecule has 0 saturated heterocycles. The summed E-state index contributed by atoms with van der Waals surface area (Å²) in [5.74, 6) is -0.855. The third-order valence-electron chi connectivity index (χ3n) is 3.68. The van der Waals surface area contributed by atoms with E-state index in [0.717, 1.165) is 42.7 Å². The molecule has 1 aliphatic carbocycles. The number of nitrogens with zero attached hydrogens (tertiary/aromatic N) is 2. The molecule has 1 aromatic heterocycles. The molecular weight excluding hydrogens is 263 g/mol. The highest BCUT2D eigenvalue weighted by Crippen LogP contribution is 2.32. The maximum Gasteiger partial charge on any atom is 0.304 e. The zero-order valence-corrected chi connectivity index (χ0v) is 10.6. The molecule has 1 aliphatic rings. The molecule has 0 spiro atoms. The number of hydrogen-bond acceptors (Lipinski definition) is 3. The number of aromatic nitrogens is 1. The van der Waals surface area contributed by atoms with E-state index in [2.05, 4.69) is 0 Å². The Bertz CT molecular complexity index is 681. The number of halogens is 1. The van der Waals surface area contributed by atoms with E-state index in [1.54, 1.807) is 10.8 Å². The van der Waals surface area contributed by atoms with Crippen LogP contribution in [-0.2, 0) is 6.42 Å². The van der Waals surface area contributed by atoms with Crippen molar-refractivity contribution in [2.45, 2.75) is 25.4 Å². The predicted molar refractivity (Wildman–Crippen MR) is 70.3 cm³/mol. The van der Waals surface area contributed by atoms with Gasteiger partial charge >= 0.3 is 5.69 Å². The van der Waals surface area contributed by atoms with Crippen LogP contribution in [-0.4, -0.2) is 14.6 Å². The van der Waals surface area contributed by atoms with Gasteiger partial charge in [-0.05, 0) is 31.4 Å². The van der Waals surface area contributed by atoms with E-state index < -0.39 is 22.5 Å². The Balaban J connectivity index is 2.06. The third-order valence-corrected chi connectivity index (χ3v) is 3.68. The number of nitro groups is 1. The molecule has 1 aromatic carbocycles. The summed E-state index contributed by atoms with van der Waals surface area (Å²) in [5.41, 5.74) is 1.80. The lowest BCUT2D eigenvalue weighted by Gasteiger charge is -2.20. The standard InChI is InChI=1S/C14H13FN2O3/c15-11-8-9(4-5-13(11)17(19)20)16-7-6-10-12(16)2-1-3-14(10)18/h4-8,14,18H,1-3H2. The number of aliphatic hydroxyl groups excluding tert-OH is 1. The van der Waals surface area contributed by atoms with Crippen LogP contribution in [0, 0.1) is 15.9 Å². The number of fused-ring (bicyclic) bond motifs is 1. The van der Waals surface area contributed by atoms with Gasteiger partial charge in [-0.2, -0.15) is 4.39 Å². The molecule has 1 atom stereocenters. The molecule has 0 saturated carbocycles. The van der Waals surface area contributed by atoms with Crippen LogP contribution in [0.4, 0.5) is 10.1 Å². The van der Waals surface area contributed by atoms with Gasteiger partial charge in [0.25, 0.3) is 0 Å². The van der Waals surface area contributed by atoms with Crippen molar-refractivity contribution in [2.24, 2.45) is 0 Å². The van der Waals surface area contributed by atoms with Crippen molar-refractivity contribution in [1.29, 1.82) is 0 Å². The zero-order valence-electron chi connectivity index (χ0n) is 10.6.